The fourth-order valence-electron chi connectivity index (χ4n) is 3.04. The number of hydrazone groups is 1. The molecule has 0 spiro atoms. The molecule has 0 saturated heterocycles. The van der Waals surface area contributed by atoms with E-state index in [0.29, 0.717) is 0 Å². The zero-order chi connectivity index (χ0) is 24.0. The van der Waals surface area contributed by atoms with Crippen molar-refractivity contribution in [1.82, 2.24) is 4.98 Å². The minimum Gasteiger partial charge on any atom is -0.478 e. The van der Waals surface area contributed by atoms with Crippen LogP contribution in [0.1, 0.15) is 27.9 Å². The molecule has 1 heterocycles. The summed E-state index contributed by atoms with van der Waals surface area (Å²) in [7, 11) is 0. The van der Waals surface area contributed by atoms with E-state index >= 15 is 0 Å². The SMILES string of the molecule is O=C(O)c1cc(F)ccc1/C=N/N(c1nc(-c2cccc(C(F)(F)F)c2)cs1)C1CC1(F)F. The number of aromatic nitrogens is 1. The van der Waals surface area contributed by atoms with Crippen LogP contribution >= 0.6 is 11.3 Å². The van der Waals surface area contributed by atoms with Crippen LogP contribution in [-0.4, -0.2) is 34.2 Å². The fraction of sp³-hybridized carbons (Fsp3) is 0.190. The third kappa shape index (κ3) is 4.85. The smallest absolute Gasteiger partial charge is 0.416 e. The van der Waals surface area contributed by atoms with Crippen molar-refractivity contribution in [3.8, 4) is 11.3 Å². The molecule has 2 aromatic carbocycles. The molecule has 33 heavy (non-hydrogen) atoms. The number of anilines is 1. The zero-order valence-electron chi connectivity index (χ0n) is 16.4. The maximum Gasteiger partial charge on any atom is 0.416 e. The summed E-state index contributed by atoms with van der Waals surface area (Å²) in [6.45, 7) is 0. The molecule has 0 aliphatic heterocycles. The van der Waals surface area contributed by atoms with E-state index in [1.165, 1.54) is 17.5 Å². The number of carbonyl (C=O) groups is 1. The Labute approximate surface area is 186 Å². The van der Waals surface area contributed by atoms with Crippen molar-refractivity contribution in [3.63, 3.8) is 0 Å². The van der Waals surface area contributed by atoms with Gasteiger partial charge in [0, 0.05) is 22.9 Å². The Morgan fingerprint density at radius 2 is 1.97 bits per heavy atom. The van der Waals surface area contributed by atoms with Gasteiger partial charge in [0.25, 0.3) is 5.92 Å². The van der Waals surface area contributed by atoms with Crippen molar-refractivity contribution >= 4 is 28.7 Å². The minimum atomic E-state index is -4.56. The van der Waals surface area contributed by atoms with Crippen LogP contribution < -0.4 is 5.01 Å². The molecular formula is C21H13F6N3O2S. The van der Waals surface area contributed by atoms with Gasteiger partial charge in [0.05, 0.1) is 23.0 Å². The van der Waals surface area contributed by atoms with Crippen LogP contribution in [0.2, 0.25) is 0 Å². The second kappa shape index (κ2) is 8.18. The quantitative estimate of drug-likeness (QED) is 0.268. The van der Waals surface area contributed by atoms with Crippen molar-refractivity contribution in [2.75, 3.05) is 5.01 Å². The summed E-state index contributed by atoms with van der Waals surface area (Å²) in [6, 6.07) is 5.98. The molecule has 3 aromatic rings. The first-order chi connectivity index (χ1) is 15.5. The second-order valence-electron chi connectivity index (χ2n) is 7.20. The average Bonchev–Trinajstić information content (AvgIpc) is 3.13. The van der Waals surface area contributed by atoms with E-state index in [0.717, 1.165) is 52.9 Å². The Balaban J connectivity index is 1.68. The first-order valence-corrected chi connectivity index (χ1v) is 10.2. The fourth-order valence-corrected chi connectivity index (χ4v) is 3.87. The number of alkyl halides is 5. The highest BCUT2D eigenvalue weighted by Gasteiger charge is 2.61. The topological polar surface area (TPSA) is 65.8 Å². The van der Waals surface area contributed by atoms with Crippen molar-refractivity contribution in [1.29, 1.82) is 0 Å². The number of rotatable bonds is 6. The molecular weight excluding hydrogens is 472 g/mol. The van der Waals surface area contributed by atoms with Gasteiger partial charge in [-0.25, -0.2) is 28.0 Å². The minimum absolute atomic E-state index is 0.0141. The third-order valence-electron chi connectivity index (χ3n) is 4.83. The van der Waals surface area contributed by atoms with Crippen molar-refractivity contribution in [2.45, 2.75) is 24.6 Å². The molecule has 1 fully saturated rings. The number of halogens is 6. The van der Waals surface area contributed by atoms with E-state index < -0.39 is 47.5 Å². The van der Waals surface area contributed by atoms with Gasteiger partial charge in [-0.15, -0.1) is 11.3 Å². The average molecular weight is 485 g/mol. The molecule has 0 amide bonds. The standard InChI is InChI=1S/C21H13F6N3O2S/c22-14-5-4-12(15(7-14)18(31)32)9-28-30(17-8-20(17,23)24)19-29-16(10-33-19)11-2-1-3-13(6-11)21(25,26)27/h1-7,9-10,17H,8H2,(H,31,32)/b28-9+. The van der Waals surface area contributed by atoms with E-state index in [1.807, 2.05) is 0 Å². The number of carboxylic acid groups (broad SMARTS) is 1. The number of hydrogen-bond acceptors (Lipinski definition) is 5. The lowest BCUT2D eigenvalue weighted by molar-refractivity contribution is -0.137. The maximum absolute atomic E-state index is 13.8. The molecule has 12 heteroatoms. The number of benzene rings is 2. The largest absolute Gasteiger partial charge is 0.478 e. The monoisotopic (exact) mass is 485 g/mol. The highest BCUT2D eigenvalue weighted by Crippen LogP contribution is 2.48. The first-order valence-electron chi connectivity index (χ1n) is 9.33. The molecule has 1 aliphatic carbocycles. The molecule has 1 aliphatic rings. The Hall–Kier alpha value is -3.41. The summed E-state index contributed by atoms with van der Waals surface area (Å²) in [6.07, 6.45) is -4.08. The molecule has 1 aromatic heterocycles. The van der Waals surface area contributed by atoms with Gasteiger partial charge < -0.3 is 5.11 Å². The normalized spacial score (nSPS) is 17.3. The summed E-state index contributed by atoms with van der Waals surface area (Å²) in [5.41, 5.74) is -1.03. The highest BCUT2D eigenvalue weighted by molar-refractivity contribution is 7.14. The highest BCUT2D eigenvalue weighted by atomic mass is 32.1. The summed E-state index contributed by atoms with van der Waals surface area (Å²) in [4.78, 5) is 15.5. The summed E-state index contributed by atoms with van der Waals surface area (Å²) < 4.78 is 80.0. The van der Waals surface area contributed by atoms with Crippen LogP contribution in [0.4, 0.5) is 31.5 Å². The van der Waals surface area contributed by atoms with E-state index in [-0.39, 0.29) is 22.0 Å². The van der Waals surface area contributed by atoms with Crippen LogP contribution in [-0.2, 0) is 6.18 Å². The Kier molecular flexibility index (Phi) is 5.64. The van der Waals surface area contributed by atoms with E-state index in [1.54, 1.807) is 0 Å². The van der Waals surface area contributed by atoms with Crippen LogP contribution in [0.25, 0.3) is 11.3 Å². The van der Waals surface area contributed by atoms with Gasteiger partial charge in [-0.2, -0.15) is 18.3 Å². The number of hydrogen-bond donors (Lipinski definition) is 1. The van der Waals surface area contributed by atoms with Gasteiger partial charge in [0.15, 0.2) is 0 Å². The maximum atomic E-state index is 13.8. The van der Waals surface area contributed by atoms with Crippen molar-refractivity contribution in [3.05, 3.63) is 70.4 Å². The lowest BCUT2D eigenvalue weighted by atomic mass is 10.1. The molecule has 172 valence electrons. The lowest BCUT2D eigenvalue weighted by Crippen LogP contribution is -2.24. The van der Waals surface area contributed by atoms with E-state index in [9.17, 15) is 36.2 Å². The van der Waals surface area contributed by atoms with Gasteiger partial charge in [-0.1, -0.05) is 12.1 Å². The number of aromatic carboxylic acids is 1. The molecule has 1 unspecified atom stereocenters. The summed E-state index contributed by atoms with van der Waals surface area (Å²) >= 11 is 0.893. The number of thiazole rings is 1. The Morgan fingerprint density at radius 1 is 1.24 bits per heavy atom. The van der Waals surface area contributed by atoms with Gasteiger partial charge in [0.2, 0.25) is 5.13 Å². The Bertz CT molecular complexity index is 1240. The van der Waals surface area contributed by atoms with Crippen LogP contribution in [0.3, 0.4) is 0 Å². The van der Waals surface area contributed by atoms with Crippen molar-refractivity contribution < 1.29 is 36.2 Å². The number of carboxylic acids is 1. The molecule has 4 rings (SSSR count). The summed E-state index contributed by atoms with van der Waals surface area (Å²) in [5.74, 6) is -5.29. The predicted molar refractivity (Wildman–Crippen MR) is 109 cm³/mol. The molecule has 0 radical (unpaired) electrons. The Morgan fingerprint density at radius 3 is 2.61 bits per heavy atom. The van der Waals surface area contributed by atoms with Crippen LogP contribution in [0.15, 0.2) is 52.9 Å². The van der Waals surface area contributed by atoms with Gasteiger partial charge >= 0.3 is 12.1 Å². The second-order valence-corrected chi connectivity index (χ2v) is 8.04. The zero-order valence-corrected chi connectivity index (χ0v) is 17.2. The number of nitrogens with zero attached hydrogens (tertiary/aromatic N) is 3. The van der Waals surface area contributed by atoms with E-state index in [4.69, 9.17) is 0 Å². The van der Waals surface area contributed by atoms with Crippen LogP contribution in [0, 0.1) is 5.82 Å². The van der Waals surface area contributed by atoms with Gasteiger partial charge in [-0.05, 0) is 30.3 Å². The van der Waals surface area contributed by atoms with Gasteiger partial charge in [0.1, 0.15) is 11.9 Å². The molecule has 5 nitrogen and oxygen atoms in total. The van der Waals surface area contributed by atoms with Crippen LogP contribution in [0.5, 0.6) is 0 Å². The molecule has 1 saturated carbocycles. The first kappa shape index (κ1) is 22.8. The predicted octanol–water partition coefficient (Wildman–Crippen LogP) is 5.91. The lowest BCUT2D eigenvalue weighted by Gasteiger charge is -2.15. The molecule has 1 N–H and O–H groups in total. The molecule has 0 bridgehead atoms. The van der Waals surface area contributed by atoms with Gasteiger partial charge in [-0.3, -0.25) is 0 Å². The van der Waals surface area contributed by atoms with Crippen molar-refractivity contribution in [2.24, 2.45) is 5.10 Å². The molecule has 1 atom stereocenters. The summed E-state index contributed by atoms with van der Waals surface area (Å²) in [5, 5.41) is 15.5. The third-order valence-corrected chi connectivity index (χ3v) is 5.66. The van der Waals surface area contributed by atoms with E-state index in [2.05, 4.69) is 10.1 Å².